The van der Waals surface area contributed by atoms with Crippen molar-refractivity contribution in [2.24, 2.45) is 0 Å². The van der Waals surface area contributed by atoms with Gasteiger partial charge in [-0.25, -0.2) is 4.98 Å². The van der Waals surface area contributed by atoms with Gasteiger partial charge in [-0.3, -0.25) is 9.59 Å². The molecule has 1 aliphatic rings. The molecule has 0 saturated carbocycles. The Morgan fingerprint density at radius 1 is 1.18 bits per heavy atom. The van der Waals surface area contributed by atoms with Gasteiger partial charge in [0.05, 0.1) is 16.3 Å². The molecule has 2 atom stereocenters. The van der Waals surface area contributed by atoms with Crippen LogP contribution in [0.1, 0.15) is 47.6 Å². The minimum Gasteiger partial charge on any atom is -0.349 e. The summed E-state index contributed by atoms with van der Waals surface area (Å²) in [5.41, 5.74) is 1.60. The van der Waals surface area contributed by atoms with Gasteiger partial charge in [0.1, 0.15) is 5.01 Å². The molecular weight excluding hydrogens is 370 g/mol. The fourth-order valence-electron chi connectivity index (χ4n) is 3.68. The van der Waals surface area contributed by atoms with Gasteiger partial charge in [0.25, 0.3) is 5.91 Å². The van der Waals surface area contributed by atoms with E-state index in [2.05, 4.69) is 11.4 Å². The molecule has 2 amide bonds. The molecule has 144 valence electrons. The third-order valence-electron chi connectivity index (χ3n) is 5.06. The summed E-state index contributed by atoms with van der Waals surface area (Å²) in [7, 11) is 0. The van der Waals surface area contributed by atoms with Crippen molar-refractivity contribution in [1.82, 2.24) is 15.2 Å². The van der Waals surface area contributed by atoms with Crippen LogP contribution >= 0.6 is 11.3 Å². The van der Waals surface area contributed by atoms with Gasteiger partial charge in [-0.1, -0.05) is 30.3 Å². The number of para-hydroxylation sites is 1. The number of likely N-dealkylation sites (tertiary alicyclic amines) is 1. The van der Waals surface area contributed by atoms with E-state index >= 15 is 0 Å². The number of aromatic nitrogens is 1. The fourth-order valence-corrected chi connectivity index (χ4v) is 4.80. The highest BCUT2D eigenvalue weighted by molar-refractivity contribution is 7.18. The zero-order valence-corrected chi connectivity index (χ0v) is 16.6. The van der Waals surface area contributed by atoms with Crippen molar-refractivity contribution < 1.29 is 9.59 Å². The fraction of sp³-hybridized carbons (Fsp3) is 0.318. The molecule has 5 nitrogen and oxygen atoms in total. The lowest BCUT2D eigenvalue weighted by Crippen LogP contribution is -2.39. The van der Waals surface area contributed by atoms with Crippen LogP contribution in [0.2, 0.25) is 0 Å². The van der Waals surface area contributed by atoms with E-state index in [1.54, 1.807) is 23.5 Å². The molecule has 3 aromatic rings. The molecule has 0 bridgehead atoms. The summed E-state index contributed by atoms with van der Waals surface area (Å²) >= 11 is 1.67. The number of rotatable bonds is 5. The molecule has 2 heterocycles. The Labute approximate surface area is 168 Å². The van der Waals surface area contributed by atoms with E-state index in [1.165, 1.54) is 0 Å². The lowest BCUT2D eigenvalue weighted by molar-refractivity contribution is -0.132. The zero-order valence-electron chi connectivity index (χ0n) is 15.8. The van der Waals surface area contributed by atoms with Crippen molar-refractivity contribution in [3.63, 3.8) is 0 Å². The van der Waals surface area contributed by atoms with Gasteiger partial charge in [0, 0.05) is 24.6 Å². The van der Waals surface area contributed by atoms with Crippen LogP contribution in [0.3, 0.4) is 0 Å². The number of benzene rings is 2. The molecule has 0 aliphatic carbocycles. The number of hydrogen-bond acceptors (Lipinski definition) is 4. The Bertz CT molecular complexity index is 953. The molecule has 0 radical (unpaired) electrons. The lowest BCUT2D eigenvalue weighted by atomic mass is 10.1. The second-order valence-electron chi connectivity index (χ2n) is 7.21. The van der Waals surface area contributed by atoms with Crippen LogP contribution < -0.4 is 5.32 Å². The van der Waals surface area contributed by atoms with E-state index < -0.39 is 0 Å². The van der Waals surface area contributed by atoms with Crippen molar-refractivity contribution in [3.8, 4) is 0 Å². The van der Waals surface area contributed by atoms with E-state index in [9.17, 15) is 9.59 Å². The maximum Gasteiger partial charge on any atom is 0.251 e. The Balaban J connectivity index is 1.41. The monoisotopic (exact) mass is 393 g/mol. The molecule has 1 saturated heterocycles. The van der Waals surface area contributed by atoms with Crippen molar-refractivity contribution in [1.29, 1.82) is 0 Å². The summed E-state index contributed by atoms with van der Waals surface area (Å²) in [6, 6.07) is 17.0. The molecule has 4 rings (SSSR count). The maximum atomic E-state index is 12.9. The van der Waals surface area contributed by atoms with E-state index in [0.29, 0.717) is 12.0 Å². The summed E-state index contributed by atoms with van der Waals surface area (Å²) in [4.78, 5) is 31.9. The van der Waals surface area contributed by atoms with Gasteiger partial charge in [-0.15, -0.1) is 11.3 Å². The molecule has 1 aromatic heterocycles. The first kappa shape index (κ1) is 18.6. The molecular formula is C22H23N3O2S. The summed E-state index contributed by atoms with van der Waals surface area (Å²) in [5, 5.41) is 3.93. The van der Waals surface area contributed by atoms with Gasteiger partial charge < -0.3 is 10.2 Å². The number of nitrogens with zero attached hydrogens (tertiary/aromatic N) is 2. The van der Waals surface area contributed by atoms with Crippen LogP contribution in [0.15, 0.2) is 54.6 Å². The van der Waals surface area contributed by atoms with E-state index in [0.717, 1.165) is 34.6 Å². The molecule has 1 fully saturated rings. The molecule has 28 heavy (non-hydrogen) atoms. The topological polar surface area (TPSA) is 62.3 Å². The second kappa shape index (κ2) is 8.10. The largest absolute Gasteiger partial charge is 0.349 e. The number of amides is 2. The minimum atomic E-state index is -0.225. The van der Waals surface area contributed by atoms with Crippen molar-refractivity contribution in [3.05, 3.63) is 65.2 Å². The van der Waals surface area contributed by atoms with Crippen LogP contribution in [0.5, 0.6) is 0 Å². The standard InChI is InChI=1S/C22H23N3O2S/c1-15(23-21(27)16-8-3-2-4-9-16)14-20(26)25-13-7-11-18(25)22-24-17-10-5-6-12-19(17)28-22/h2-6,8-10,12,15,18H,7,11,13-14H2,1H3,(H,23,27). The second-order valence-corrected chi connectivity index (χ2v) is 8.27. The van der Waals surface area contributed by atoms with Crippen molar-refractivity contribution in [2.45, 2.75) is 38.3 Å². The van der Waals surface area contributed by atoms with Crippen LogP contribution in [0, 0.1) is 0 Å². The van der Waals surface area contributed by atoms with E-state index in [-0.39, 0.29) is 23.9 Å². The van der Waals surface area contributed by atoms with Gasteiger partial charge in [-0.2, -0.15) is 0 Å². The minimum absolute atomic E-state index is 0.0434. The molecule has 6 heteroatoms. The van der Waals surface area contributed by atoms with Crippen LogP contribution in [0.4, 0.5) is 0 Å². The quantitative estimate of drug-likeness (QED) is 0.708. The third kappa shape index (κ3) is 3.92. The van der Waals surface area contributed by atoms with Crippen LogP contribution in [0.25, 0.3) is 10.2 Å². The Morgan fingerprint density at radius 3 is 2.71 bits per heavy atom. The average Bonchev–Trinajstić information content (AvgIpc) is 3.35. The molecule has 1 aliphatic heterocycles. The SMILES string of the molecule is CC(CC(=O)N1CCCC1c1nc2ccccc2s1)NC(=O)c1ccccc1. The Kier molecular flexibility index (Phi) is 5.39. The maximum absolute atomic E-state index is 12.9. The smallest absolute Gasteiger partial charge is 0.251 e. The molecule has 2 unspecified atom stereocenters. The summed E-state index contributed by atoms with van der Waals surface area (Å²) < 4.78 is 1.15. The van der Waals surface area contributed by atoms with Crippen molar-refractivity contribution >= 4 is 33.4 Å². The number of hydrogen-bond donors (Lipinski definition) is 1. The highest BCUT2D eigenvalue weighted by atomic mass is 32.1. The number of carbonyl (C=O) groups is 2. The zero-order chi connectivity index (χ0) is 19.5. The first-order chi connectivity index (χ1) is 13.6. The van der Waals surface area contributed by atoms with Gasteiger partial charge in [-0.05, 0) is 44.0 Å². The van der Waals surface area contributed by atoms with Crippen LogP contribution in [-0.4, -0.2) is 34.3 Å². The van der Waals surface area contributed by atoms with Crippen molar-refractivity contribution in [2.75, 3.05) is 6.54 Å². The molecule has 0 spiro atoms. The Hall–Kier alpha value is -2.73. The number of nitrogens with one attached hydrogen (secondary N) is 1. The summed E-state index contributed by atoms with van der Waals surface area (Å²) in [6.45, 7) is 2.63. The number of thiazole rings is 1. The van der Waals surface area contributed by atoms with E-state index in [4.69, 9.17) is 4.98 Å². The molecule has 1 N–H and O–H groups in total. The van der Waals surface area contributed by atoms with Gasteiger partial charge >= 0.3 is 0 Å². The van der Waals surface area contributed by atoms with Gasteiger partial charge in [0.15, 0.2) is 0 Å². The first-order valence-corrected chi connectivity index (χ1v) is 10.4. The predicted molar refractivity (Wildman–Crippen MR) is 111 cm³/mol. The summed E-state index contributed by atoms with van der Waals surface area (Å²) in [5.74, 6) is -0.0762. The highest BCUT2D eigenvalue weighted by Gasteiger charge is 2.32. The first-order valence-electron chi connectivity index (χ1n) is 9.62. The lowest BCUT2D eigenvalue weighted by Gasteiger charge is -2.25. The number of fused-ring (bicyclic) bond motifs is 1. The van der Waals surface area contributed by atoms with Crippen LogP contribution in [-0.2, 0) is 4.79 Å². The summed E-state index contributed by atoms with van der Waals surface area (Å²) in [6.07, 6.45) is 2.22. The molecule has 2 aromatic carbocycles. The Morgan fingerprint density at radius 2 is 1.93 bits per heavy atom. The number of carbonyl (C=O) groups excluding carboxylic acids is 2. The highest BCUT2D eigenvalue weighted by Crippen LogP contribution is 2.36. The predicted octanol–water partition coefficient (Wildman–Crippen LogP) is 4.17. The van der Waals surface area contributed by atoms with Gasteiger partial charge in [0.2, 0.25) is 5.91 Å². The average molecular weight is 394 g/mol. The third-order valence-corrected chi connectivity index (χ3v) is 6.20. The normalized spacial score (nSPS) is 17.6. The van der Waals surface area contributed by atoms with E-state index in [1.807, 2.05) is 48.2 Å².